The number of phenolic OH excluding ortho intramolecular Hbond substituents is 1. The second-order valence-corrected chi connectivity index (χ2v) is 5.13. The van der Waals surface area contributed by atoms with Crippen LogP contribution in [0.2, 0.25) is 5.02 Å². The molecule has 1 heterocycles. The van der Waals surface area contributed by atoms with Gasteiger partial charge in [-0.1, -0.05) is 31.0 Å². The molecule has 3 aromatic rings. The van der Waals surface area contributed by atoms with E-state index in [4.69, 9.17) is 11.6 Å². The van der Waals surface area contributed by atoms with E-state index in [1.54, 1.807) is 18.2 Å². The third-order valence-electron chi connectivity index (χ3n) is 3.14. The summed E-state index contributed by atoms with van der Waals surface area (Å²) in [7, 11) is 0. The predicted octanol–water partition coefficient (Wildman–Crippen LogP) is 3.73. The van der Waals surface area contributed by atoms with Crippen LogP contribution in [-0.4, -0.2) is 20.1 Å². The molecule has 0 fully saturated rings. The average Bonchev–Trinajstić information content (AvgIpc) is 2.81. The van der Waals surface area contributed by atoms with Crippen molar-refractivity contribution in [1.29, 1.82) is 0 Å². The highest BCUT2D eigenvalue weighted by atomic mass is 35.5. The molecule has 0 radical (unpaired) electrons. The van der Waals surface area contributed by atoms with Crippen LogP contribution in [0.1, 0.15) is 18.9 Å². The number of halogens is 1. The fourth-order valence-electron chi connectivity index (χ4n) is 2.18. The summed E-state index contributed by atoms with van der Waals surface area (Å²) in [6.07, 6.45) is 1.99. The number of rotatable bonds is 3. The van der Waals surface area contributed by atoms with E-state index in [0.717, 1.165) is 23.9 Å². The Morgan fingerprint density at radius 2 is 1.90 bits per heavy atom. The number of hydrogen-bond donors (Lipinski definition) is 1. The molecule has 1 N–H and O–H groups in total. The van der Waals surface area contributed by atoms with Gasteiger partial charge in [0, 0.05) is 5.02 Å². The maximum Gasteiger partial charge on any atom is 0.143 e. The van der Waals surface area contributed by atoms with E-state index in [1.165, 1.54) is 4.80 Å². The first kappa shape index (κ1) is 12.9. The van der Waals surface area contributed by atoms with Gasteiger partial charge in [0.05, 0.1) is 0 Å². The van der Waals surface area contributed by atoms with Crippen LogP contribution in [0.3, 0.4) is 0 Å². The third-order valence-corrected chi connectivity index (χ3v) is 3.37. The smallest absolute Gasteiger partial charge is 0.143 e. The highest BCUT2D eigenvalue weighted by Crippen LogP contribution is 2.24. The molecule has 4 nitrogen and oxygen atoms in total. The molecule has 0 bridgehead atoms. The Balaban J connectivity index is 2.06. The van der Waals surface area contributed by atoms with Gasteiger partial charge in [-0.2, -0.15) is 0 Å². The molecule has 102 valence electrons. The van der Waals surface area contributed by atoms with Gasteiger partial charge in [-0.05, 0) is 42.3 Å². The Morgan fingerprint density at radius 3 is 2.65 bits per heavy atom. The summed E-state index contributed by atoms with van der Waals surface area (Å²) in [5.74, 6) is 0.183. The first-order valence-corrected chi connectivity index (χ1v) is 6.90. The highest BCUT2D eigenvalue weighted by Gasteiger charge is 2.09. The average molecular weight is 288 g/mol. The summed E-state index contributed by atoms with van der Waals surface area (Å²) in [5, 5.41) is 19.4. The molecule has 0 spiro atoms. The minimum absolute atomic E-state index is 0.183. The number of fused-ring (bicyclic) bond motifs is 1. The molecule has 0 atom stereocenters. The van der Waals surface area contributed by atoms with Crippen LogP contribution < -0.4 is 0 Å². The van der Waals surface area contributed by atoms with Gasteiger partial charge in [0.2, 0.25) is 0 Å². The van der Waals surface area contributed by atoms with E-state index >= 15 is 0 Å². The molecular weight excluding hydrogens is 274 g/mol. The molecule has 0 aliphatic rings. The number of hydrogen-bond acceptors (Lipinski definition) is 3. The molecule has 5 heteroatoms. The second kappa shape index (κ2) is 5.13. The second-order valence-electron chi connectivity index (χ2n) is 4.70. The maximum absolute atomic E-state index is 10.1. The Bertz CT molecular complexity index is 767. The third kappa shape index (κ3) is 2.34. The summed E-state index contributed by atoms with van der Waals surface area (Å²) in [6.45, 7) is 2.11. The zero-order valence-corrected chi connectivity index (χ0v) is 11.8. The maximum atomic E-state index is 10.1. The van der Waals surface area contributed by atoms with Crippen LogP contribution in [-0.2, 0) is 6.42 Å². The molecular formula is C15H14ClN3O. The van der Waals surface area contributed by atoms with Crippen LogP contribution >= 0.6 is 11.6 Å². The lowest BCUT2D eigenvalue weighted by atomic mass is 10.1. The fraction of sp³-hybridized carbons (Fsp3) is 0.200. The zero-order chi connectivity index (χ0) is 14.1. The van der Waals surface area contributed by atoms with E-state index in [0.29, 0.717) is 16.2 Å². The minimum atomic E-state index is 0.183. The summed E-state index contributed by atoms with van der Waals surface area (Å²) >= 11 is 5.93. The Hall–Kier alpha value is -2.07. The lowest BCUT2D eigenvalue weighted by Crippen LogP contribution is -1.99. The highest BCUT2D eigenvalue weighted by molar-refractivity contribution is 6.31. The molecule has 0 saturated heterocycles. The van der Waals surface area contributed by atoms with Crippen molar-refractivity contribution < 1.29 is 5.11 Å². The normalized spacial score (nSPS) is 11.1. The van der Waals surface area contributed by atoms with Crippen molar-refractivity contribution in [1.82, 2.24) is 15.0 Å². The van der Waals surface area contributed by atoms with Gasteiger partial charge in [0.15, 0.2) is 0 Å². The standard InChI is InChI=1S/C15H14ClN3O/c1-2-3-10-4-7-14(15(20)8-10)19-17-12-6-5-11(16)9-13(12)18-19/h4-9,20H,2-3H2,1H3. The van der Waals surface area contributed by atoms with Crippen LogP contribution in [0.25, 0.3) is 16.7 Å². The van der Waals surface area contributed by atoms with E-state index in [1.807, 2.05) is 18.2 Å². The van der Waals surface area contributed by atoms with Crippen LogP contribution in [0, 0.1) is 0 Å². The monoisotopic (exact) mass is 287 g/mol. The molecule has 0 saturated carbocycles. The Morgan fingerprint density at radius 1 is 1.10 bits per heavy atom. The van der Waals surface area contributed by atoms with Gasteiger partial charge in [0.1, 0.15) is 22.5 Å². The summed E-state index contributed by atoms with van der Waals surface area (Å²) in [6, 6.07) is 10.9. The van der Waals surface area contributed by atoms with Crippen molar-refractivity contribution in [3.05, 3.63) is 47.0 Å². The van der Waals surface area contributed by atoms with Gasteiger partial charge >= 0.3 is 0 Å². The topological polar surface area (TPSA) is 50.9 Å². The first-order valence-electron chi connectivity index (χ1n) is 6.52. The number of aromatic nitrogens is 3. The molecule has 0 aliphatic heterocycles. The number of aryl methyl sites for hydroxylation is 1. The van der Waals surface area contributed by atoms with Crippen LogP contribution in [0.5, 0.6) is 5.75 Å². The van der Waals surface area contributed by atoms with Crippen molar-refractivity contribution in [3.63, 3.8) is 0 Å². The van der Waals surface area contributed by atoms with Crippen LogP contribution in [0.15, 0.2) is 36.4 Å². The van der Waals surface area contributed by atoms with E-state index in [9.17, 15) is 5.11 Å². The van der Waals surface area contributed by atoms with Crippen molar-refractivity contribution in [2.24, 2.45) is 0 Å². The summed E-state index contributed by atoms with van der Waals surface area (Å²) in [5.41, 5.74) is 3.12. The van der Waals surface area contributed by atoms with Crippen molar-refractivity contribution in [3.8, 4) is 11.4 Å². The molecule has 0 aliphatic carbocycles. The Kier molecular flexibility index (Phi) is 3.32. The van der Waals surface area contributed by atoms with E-state index in [2.05, 4.69) is 17.1 Å². The quantitative estimate of drug-likeness (QED) is 0.798. The van der Waals surface area contributed by atoms with Crippen molar-refractivity contribution >= 4 is 22.6 Å². The van der Waals surface area contributed by atoms with E-state index in [-0.39, 0.29) is 5.75 Å². The zero-order valence-electron chi connectivity index (χ0n) is 11.0. The Labute approximate surface area is 121 Å². The lowest BCUT2D eigenvalue weighted by molar-refractivity contribution is 0.467. The molecule has 2 aromatic carbocycles. The van der Waals surface area contributed by atoms with Crippen molar-refractivity contribution in [2.45, 2.75) is 19.8 Å². The van der Waals surface area contributed by atoms with E-state index < -0.39 is 0 Å². The van der Waals surface area contributed by atoms with Gasteiger partial charge < -0.3 is 5.11 Å². The molecule has 1 aromatic heterocycles. The lowest BCUT2D eigenvalue weighted by Gasteiger charge is -2.05. The number of nitrogens with zero attached hydrogens (tertiary/aromatic N) is 3. The largest absolute Gasteiger partial charge is 0.506 e. The van der Waals surface area contributed by atoms with Gasteiger partial charge in [0.25, 0.3) is 0 Å². The summed E-state index contributed by atoms with van der Waals surface area (Å²) < 4.78 is 0. The molecule has 0 unspecified atom stereocenters. The molecule has 20 heavy (non-hydrogen) atoms. The van der Waals surface area contributed by atoms with Crippen molar-refractivity contribution in [2.75, 3.05) is 0 Å². The van der Waals surface area contributed by atoms with Gasteiger partial charge in [-0.25, -0.2) is 0 Å². The number of phenols is 1. The van der Waals surface area contributed by atoms with Gasteiger partial charge in [-0.3, -0.25) is 0 Å². The van der Waals surface area contributed by atoms with Crippen LogP contribution in [0.4, 0.5) is 0 Å². The molecule has 0 amide bonds. The van der Waals surface area contributed by atoms with Gasteiger partial charge in [-0.15, -0.1) is 15.0 Å². The predicted molar refractivity (Wildman–Crippen MR) is 79.5 cm³/mol. The molecule has 3 rings (SSSR count). The summed E-state index contributed by atoms with van der Waals surface area (Å²) in [4.78, 5) is 1.44. The fourth-order valence-corrected chi connectivity index (χ4v) is 2.34. The SMILES string of the molecule is CCCc1ccc(-n2nc3ccc(Cl)cc3n2)c(O)c1. The minimum Gasteiger partial charge on any atom is -0.506 e. The number of aromatic hydroxyl groups is 1. The first-order chi connectivity index (χ1) is 9.67. The number of benzene rings is 2.